The van der Waals surface area contributed by atoms with E-state index in [2.05, 4.69) is 29.1 Å². The number of piperidine rings is 1. The van der Waals surface area contributed by atoms with Crippen LogP contribution in [0.3, 0.4) is 0 Å². The van der Waals surface area contributed by atoms with Gasteiger partial charge in [0.15, 0.2) is 5.96 Å². The van der Waals surface area contributed by atoms with Crippen LogP contribution in [-0.4, -0.2) is 36.9 Å². The molecular formula is C17H27IN4O. The molecule has 1 heterocycles. The van der Waals surface area contributed by atoms with E-state index in [9.17, 15) is 4.79 Å². The quantitative estimate of drug-likeness (QED) is 0.440. The highest BCUT2D eigenvalue weighted by atomic mass is 127. The average molecular weight is 430 g/mol. The van der Waals surface area contributed by atoms with E-state index in [4.69, 9.17) is 5.73 Å². The Labute approximate surface area is 155 Å². The lowest BCUT2D eigenvalue weighted by atomic mass is 9.92. The zero-order valence-corrected chi connectivity index (χ0v) is 16.4. The molecule has 2 atom stereocenters. The first-order valence-electron chi connectivity index (χ1n) is 7.84. The van der Waals surface area contributed by atoms with E-state index < -0.39 is 5.91 Å². The third-order valence-corrected chi connectivity index (χ3v) is 4.07. The van der Waals surface area contributed by atoms with Gasteiger partial charge in [-0.3, -0.25) is 9.79 Å². The maximum atomic E-state index is 11.1. The molecule has 6 heteroatoms. The molecule has 3 N–H and O–H groups in total. The topological polar surface area (TPSA) is 70.7 Å². The van der Waals surface area contributed by atoms with Crippen molar-refractivity contribution >= 4 is 35.8 Å². The monoisotopic (exact) mass is 430 g/mol. The van der Waals surface area contributed by atoms with Gasteiger partial charge < -0.3 is 16.0 Å². The highest BCUT2D eigenvalue weighted by Gasteiger charge is 2.23. The summed E-state index contributed by atoms with van der Waals surface area (Å²) in [7, 11) is 1.82. The first-order chi connectivity index (χ1) is 10.5. The Balaban J connectivity index is 0.00000264. The van der Waals surface area contributed by atoms with Gasteiger partial charge in [0.25, 0.3) is 0 Å². The molecule has 0 saturated carbocycles. The summed E-state index contributed by atoms with van der Waals surface area (Å²) in [6.45, 7) is 7.36. The van der Waals surface area contributed by atoms with Gasteiger partial charge in [-0.2, -0.15) is 0 Å². The molecule has 0 radical (unpaired) electrons. The van der Waals surface area contributed by atoms with Gasteiger partial charge in [0.05, 0.1) is 0 Å². The Morgan fingerprint density at radius 2 is 1.83 bits per heavy atom. The van der Waals surface area contributed by atoms with E-state index in [1.807, 2.05) is 19.2 Å². The van der Waals surface area contributed by atoms with Gasteiger partial charge in [0.1, 0.15) is 0 Å². The van der Waals surface area contributed by atoms with Crippen LogP contribution < -0.4 is 11.1 Å². The number of carbonyl (C=O) groups excluding carboxylic acids is 1. The van der Waals surface area contributed by atoms with E-state index in [0.717, 1.165) is 24.6 Å². The molecule has 0 aromatic heterocycles. The molecule has 5 nitrogen and oxygen atoms in total. The molecule has 128 valence electrons. The predicted octanol–water partition coefficient (Wildman–Crippen LogP) is 2.46. The molecule has 1 amide bonds. The summed E-state index contributed by atoms with van der Waals surface area (Å²) < 4.78 is 0. The molecule has 23 heavy (non-hydrogen) atoms. The van der Waals surface area contributed by atoms with Crippen LogP contribution in [0.5, 0.6) is 0 Å². The number of nitrogens with two attached hydrogens (primary N) is 1. The van der Waals surface area contributed by atoms with Crippen molar-refractivity contribution in [2.75, 3.05) is 20.1 Å². The van der Waals surface area contributed by atoms with Crippen molar-refractivity contribution in [2.24, 2.45) is 22.6 Å². The largest absolute Gasteiger partial charge is 0.366 e. The minimum absolute atomic E-state index is 0. The van der Waals surface area contributed by atoms with Crippen LogP contribution in [0.1, 0.15) is 36.2 Å². The van der Waals surface area contributed by atoms with E-state index in [-0.39, 0.29) is 24.0 Å². The van der Waals surface area contributed by atoms with Crippen molar-refractivity contribution in [3.05, 3.63) is 35.4 Å². The number of guanidine groups is 1. The summed E-state index contributed by atoms with van der Waals surface area (Å²) in [6.07, 6.45) is 1.28. The SMILES string of the molecule is CN=C(NCc1ccc(C(N)=O)cc1)N1CC(C)CC(C)C1.I. The van der Waals surface area contributed by atoms with Crippen LogP contribution in [0.2, 0.25) is 0 Å². The summed E-state index contributed by atoms with van der Waals surface area (Å²) in [5.41, 5.74) is 6.89. The number of amides is 1. The van der Waals surface area contributed by atoms with Crippen LogP contribution in [-0.2, 0) is 6.54 Å². The fourth-order valence-corrected chi connectivity index (χ4v) is 3.14. The molecule has 1 aromatic rings. The molecule has 1 fully saturated rings. The van der Waals surface area contributed by atoms with Gasteiger partial charge in [-0.15, -0.1) is 24.0 Å². The number of carbonyl (C=O) groups is 1. The first-order valence-corrected chi connectivity index (χ1v) is 7.84. The molecule has 0 bridgehead atoms. The molecule has 0 aliphatic carbocycles. The number of hydrogen-bond acceptors (Lipinski definition) is 2. The maximum absolute atomic E-state index is 11.1. The molecule has 2 unspecified atom stereocenters. The maximum Gasteiger partial charge on any atom is 0.248 e. The highest BCUT2D eigenvalue weighted by Crippen LogP contribution is 2.20. The van der Waals surface area contributed by atoms with E-state index in [0.29, 0.717) is 23.9 Å². The smallest absolute Gasteiger partial charge is 0.248 e. The highest BCUT2D eigenvalue weighted by molar-refractivity contribution is 14.0. The number of benzene rings is 1. The Kier molecular flexibility index (Phi) is 7.81. The summed E-state index contributed by atoms with van der Waals surface area (Å²) in [6, 6.07) is 7.35. The van der Waals surface area contributed by atoms with Gasteiger partial charge in [-0.25, -0.2) is 0 Å². The van der Waals surface area contributed by atoms with Crippen molar-refractivity contribution in [3.8, 4) is 0 Å². The summed E-state index contributed by atoms with van der Waals surface area (Å²) >= 11 is 0. The summed E-state index contributed by atoms with van der Waals surface area (Å²) in [5, 5.41) is 3.40. The van der Waals surface area contributed by atoms with Gasteiger partial charge in [0.2, 0.25) is 5.91 Å². The molecule has 1 saturated heterocycles. The standard InChI is InChI=1S/C17H26N4O.HI/c1-12-8-13(2)11-21(10-12)17(19-3)20-9-14-4-6-15(7-5-14)16(18)22;/h4-7,12-13H,8-11H2,1-3H3,(H2,18,22)(H,19,20);1H. The molecule has 1 aliphatic heterocycles. The fraction of sp³-hybridized carbons (Fsp3) is 0.529. The fourth-order valence-electron chi connectivity index (χ4n) is 3.14. The Morgan fingerprint density at radius 1 is 1.26 bits per heavy atom. The van der Waals surface area contributed by atoms with E-state index in [1.54, 1.807) is 12.1 Å². The lowest BCUT2D eigenvalue weighted by molar-refractivity contribution is 0.100. The van der Waals surface area contributed by atoms with Crippen molar-refractivity contribution in [1.29, 1.82) is 0 Å². The lowest BCUT2D eigenvalue weighted by Crippen LogP contribution is -2.48. The van der Waals surface area contributed by atoms with Crippen LogP contribution in [0.15, 0.2) is 29.3 Å². The zero-order valence-electron chi connectivity index (χ0n) is 14.1. The van der Waals surface area contributed by atoms with Gasteiger partial charge in [-0.05, 0) is 36.0 Å². The zero-order chi connectivity index (χ0) is 16.1. The van der Waals surface area contributed by atoms with E-state index >= 15 is 0 Å². The minimum atomic E-state index is -0.397. The van der Waals surface area contributed by atoms with Crippen molar-refractivity contribution in [1.82, 2.24) is 10.2 Å². The Hall–Kier alpha value is -1.31. The van der Waals surface area contributed by atoms with Crippen molar-refractivity contribution in [2.45, 2.75) is 26.8 Å². The third-order valence-electron chi connectivity index (χ3n) is 4.07. The number of nitrogens with zero attached hydrogens (tertiary/aromatic N) is 2. The van der Waals surface area contributed by atoms with Gasteiger partial charge in [-0.1, -0.05) is 26.0 Å². The number of likely N-dealkylation sites (tertiary alicyclic amines) is 1. The number of rotatable bonds is 3. The molecular weight excluding hydrogens is 403 g/mol. The third kappa shape index (κ3) is 5.67. The summed E-state index contributed by atoms with van der Waals surface area (Å²) in [4.78, 5) is 17.8. The lowest BCUT2D eigenvalue weighted by Gasteiger charge is -2.37. The second kappa shape index (κ2) is 9.10. The second-order valence-electron chi connectivity index (χ2n) is 6.31. The number of halogens is 1. The first kappa shape index (κ1) is 19.7. The molecule has 1 aromatic carbocycles. The molecule has 2 rings (SSSR count). The van der Waals surface area contributed by atoms with Crippen LogP contribution >= 0.6 is 24.0 Å². The number of primary amides is 1. The van der Waals surface area contributed by atoms with Crippen molar-refractivity contribution in [3.63, 3.8) is 0 Å². The normalized spacial score (nSPS) is 21.5. The van der Waals surface area contributed by atoms with Gasteiger partial charge >= 0.3 is 0 Å². The summed E-state index contributed by atoms with van der Waals surface area (Å²) in [5.74, 6) is 1.93. The van der Waals surface area contributed by atoms with Gasteiger partial charge in [0, 0.05) is 32.2 Å². The molecule has 0 spiro atoms. The molecule has 1 aliphatic rings. The predicted molar refractivity (Wildman–Crippen MR) is 105 cm³/mol. The van der Waals surface area contributed by atoms with Crippen molar-refractivity contribution < 1.29 is 4.79 Å². The Morgan fingerprint density at radius 3 is 2.30 bits per heavy atom. The average Bonchev–Trinajstić information content (AvgIpc) is 2.47. The number of aliphatic imine (C=N–C) groups is 1. The number of hydrogen-bond donors (Lipinski definition) is 2. The van der Waals surface area contributed by atoms with Crippen LogP contribution in [0, 0.1) is 11.8 Å². The Bertz CT molecular complexity index is 534. The number of nitrogens with one attached hydrogen (secondary N) is 1. The second-order valence-corrected chi connectivity index (χ2v) is 6.31. The minimum Gasteiger partial charge on any atom is -0.366 e. The van der Waals surface area contributed by atoms with Crippen LogP contribution in [0.25, 0.3) is 0 Å². The van der Waals surface area contributed by atoms with E-state index in [1.165, 1.54) is 6.42 Å². The van der Waals surface area contributed by atoms with Crippen LogP contribution in [0.4, 0.5) is 0 Å².